The number of ether oxygens (including phenoxy) is 1. The molecule has 0 spiro atoms. The highest BCUT2D eigenvalue weighted by Crippen LogP contribution is 2.23. The molecule has 19 heavy (non-hydrogen) atoms. The van der Waals surface area contributed by atoms with Crippen LogP contribution in [0, 0.1) is 0 Å². The van der Waals surface area contributed by atoms with E-state index in [-0.39, 0.29) is 5.41 Å². The topological polar surface area (TPSA) is 21.3 Å². The summed E-state index contributed by atoms with van der Waals surface area (Å²) in [7, 11) is 1.82. The second-order valence-corrected chi connectivity index (χ2v) is 6.70. The van der Waals surface area contributed by atoms with Gasteiger partial charge in [0, 0.05) is 19.7 Å². The zero-order valence-corrected chi connectivity index (χ0v) is 12.7. The molecule has 1 N–H and O–H groups in total. The van der Waals surface area contributed by atoms with Gasteiger partial charge in [-0.25, -0.2) is 0 Å². The SMILES string of the molecule is COC1CCC(NCc2ccc(C(C)(C)C)cc2)C1. The molecule has 2 atom stereocenters. The summed E-state index contributed by atoms with van der Waals surface area (Å²) in [4.78, 5) is 0. The normalized spacial score (nSPS) is 23.8. The van der Waals surface area contributed by atoms with E-state index in [1.807, 2.05) is 7.11 Å². The largest absolute Gasteiger partial charge is 0.381 e. The summed E-state index contributed by atoms with van der Waals surface area (Å²) in [5, 5.41) is 3.64. The number of hydrogen-bond acceptors (Lipinski definition) is 2. The van der Waals surface area contributed by atoms with Crippen LogP contribution in [0.2, 0.25) is 0 Å². The van der Waals surface area contributed by atoms with Crippen molar-refractivity contribution in [2.45, 2.75) is 64.1 Å². The predicted molar refractivity (Wildman–Crippen MR) is 80.4 cm³/mol. The third-order valence-electron chi connectivity index (χ3n) is 4.13. The molecule has 2 nitrogen and oxygen atoms in total. The minimum atomic E-state index is 0.239. The summed E-state index contributed by atoms with van der Waals surface area (Å²) in [6, 6.07) is 9.62. The van der Waals surface area contributed by atoms with Crippen LogP contribution in [0.15, 0.2) is 24.3 Å². The fourth-order valence-electron chi connectivity index (χ4n) is 2.72. The number of nitrogens with one attached hydrogen (secondary N) is 1. The van der Waals surface area contributed by atoms with E-state index in [1.165, 1.54) is 24.0 Å². The second-order valence-electron chi connectivity index (χ2n) is 6.70. The Balaban J connectivity index is 1.84. The van der Waals surface area contributed by atoms with Gasteiger partial charge in [0.25, 0.3) is 0 Å². The van der Waals surface area contributed by atoms with Gasteiger partial charge in [-0.2, -0.15) is 0 Å². The number of rotatable bonds is 4. The zero-order chi connectivity index (χ0) is 13.9. The molecule has 106 valence electrons. The van der Waals surface area contributed by atoms with Gasteiger partial charge in [-0.05, 0) is 35.8 Å². The number of benzene rings is 1. The van der Waals surface area contributed by atoms with Crippen LogP contribution in [-0.4, -0.2) is 19.3 Å². The van der Waals surface area contributed by atoms with Crippen molar-refractivity contribution < 1.29 is 4.74 Å². The Kier molecular flexibility index (Phi) is 4.64. The summed E-state index contributed by atoms with van der Waals surface area (Å²) in [5.41, 5.74) is 3.01. The molecule has 0 aliphatic heterocycles. The van der Waals surface area contributed by atoms with Gasteiger partial charge < -0.3 is 10.1 Å². The van der Waals surface area contributed by atoms with Gasteiger partial charge >= 0.3 is 0 Å². The molecule has 1 aliphatic carbocycles. The van der Waals surface area contributed by atoms with Crippen LogP contribution in [0.4, 0.5) is 0 Å². The van der Waals surface area contributed by atoms with Gasteiger partial charge in [-0.15, -0.1) is 0 Å². The lowest BCUT2D eigenvalue weighted by Crippen LogP contribution is -2.26. The van der Waals surface area contributed by atoms with Crippen LogP contribution in [0.25, 0.3) is 0 Å². The van der Waals surface area contributed by atoms with E-state index in [9.17, 15) is 0 Å². The van der Waals surface area contributed by atoms with E-state index >= 15 is 0 Å². The number of hydrogen-bond donors (Lipinski definition) is 1. The molecule has 0 saturated heterocycles. The van der Waals surface area contributed by atoms with Crippen molar-refractivity contribution in [1.29, 1.82) is 0 Å². The Morgan fingerprint density at radius 2 is 1.84 bits per heavy atom. The Morgan fingerprint density at radius 3 is 2.37 bits per heavy atom. The third-order valence-corrected chi connectivity index (χ3v) is 4.13. The van der Waals surface area contributed by atoms with Gasteiger partial charge in [-0.3, -0.25) is 0 Å². The van der Waals surface area contributed by atoms with Crippen LogP contribution in [0.1, 0.15) is 51.2 Å². The van der Waals surface area contributed by atoms with Crippen molar-refractivity contribution in [3.8, 4) is 0 Å². The first-order valence-corrected chi connectivity index (χ1v) is 7.34. The minimum absolute atomic E-state index is 0.239. The Labute approximate surface area is 117 Å². The maximum absolute atomic E-state index is 5.41. The van der Waals surface area contributed by atoms with E-state index < -0.39 is 0 Å². The molecule has 2 rings (SSSR count). The van der Waals surface area contributed by atoms with Gasteiger partial charge in [-0.1, -0.05) is 45.0 Å². The lowest BCUT2D eigenvalue weighted by atomic mass is 9.87. The van der Waals surface area contributed by atoms with Crippen molar-refractivity contribution in [3.63, 3.8) is 0 Å². The third kappa shape index (κ3) is 4.05. The van der Waals surface area contributed by atoms with E-state index in [0.717, 1.165) is 13.0 Å². The number of methoxy groups -OCH3 is 1. The first kappa shape index (κ1) is 14.5. The fourth-order valence-corrected chi connectivity index (χ4v) is 2.72. The predicted octanol–water partition coefficient (Wildman–Crippen LogP) is 3.64. The molecule has 0 heterocycles. The van der Waals surface area contributed by atoms with Crippen LogP contribution < -0.4 is 5.32 Å². The molecule has 1 saturated carbocycles. The summed E-state index contributed by atoms with van der Waals surface area (Å²) in [5.74, 6) is 0. The first-order chi connectivity index (χ1) is 8.99. The van der Waals surface area contributed by atoms with E-state index in [0.29, 0.717) is 12.1 Å². The summed E-state index contributed by atoms with van der Waals surface area (Å²) < 4.78 is 5.41. The highest BCUT2D eigenvalue weighted by atomic mass is 16.5. The molecular weight excluding hydrogens is 234 g/mol. The van der Waals surface area contributed by atoms with Gasteiger partial charge in [0.2, 0.25) is 0 Å². The van der Waals surface area contributed by atoms with Crippen molar-refractivity contribution in [2.24, 2.45) is 0 Å². The molecule has 1 aromatic rings. The molecular formula is C17H27NO. The Bertz CT molecular complexity index is 391. The maximum Gasteiger partial charge on any atom is 0.0586 e. The fraction of sp³-hybridized carbons (Fsp3) is 0.647. The van der Waals surface area contributed by atoms with Gasteiger partial charge in [0.05, 0.1) is 6.10 Å². The van der Waals surface area contributed by atoms with Crippen molar-refractivity contribution in [3.05, 3.63) is 35.4 Å². The molecule has 0 bridgehead atoms. The van der Waals surface area contributed by atoms with Crippen LogP contribution in [0.5, 0.6) is 0 Å². The molecule has 2 heteroatoms. The lowest BCUT2D eigenvalue weighted by Gasteiger charge is -2.19. The monoisotopic (exact) mass is 261 g/mol. The van der Waals surface area contributed by atoms with E-state index in [2.05, 4.69) is 50.4 Å². The Morgan fingerprint density at radius 1 is 1.16 bits per heavy atom. The Hall–Kier alpha value is -0.860. The van der Waals surface area contributed by atoms with Gasteiger partial charge in [0.15, 0.2) is 0 Å². The quantitative estimate of drug-likeness (QED) is 0.893. The molecule has 1 aromatic carbocycles. The van der Waals surface area contributed by atoms with E-state index in [4.69, 9.17) is 4.74 Å². The van der Waals surface area contributed by atoms with Crippen LogP contribution >= 0.6 is 0 Å². The average molecular weight is 261 g/mol. The van der Waals surface area contributed by atoms with Crippen molar-refractivity contribution in [1.82, 2.24) is 5.32 Å². The molecule has 1 fully saturated rings. The van der Waals surface area contributed by atoms with E-state index in [1.54, 1.807) is 0 Å². The molecule has 0 aromatic heterocycles. The van der Waals surface area contributed by atoms with Gasteiger partial charge in [0.1, 0.15) is 0 Å². The maximum atomic E-state index is 5.41. The first-order valence-electron chi connectivity index (χ1n) is 7.34. The van der Waals surface area contributed by atoms with Crippen molar-refractivity contribution in [2.75, 3.05) is 7.11 Å². The zero-order valence-electron chi connectivity index (χ0n) is 12.7. The summed E-state index contributed by atoms with van der Waals surface area (Å²) in [6.45, 7) is 7.72. The second kappa shape index (κ2) is 6.06. The molecule has 1 aliphatic rings. The smallest absolute Gasteiger partial charge is 0.0586 e. The highest BCUT2D eigenvalue weighted by Gasteiger charge is 2.23. The average Bonchev–Trinajstić information content (AvgIpc) is 2.84. The molecule has 0 radical (unpaired) electrons. The summed E-state index contributed by atoms with van der Waals surface area (Å²) >= 11 is 0. The molecule has 0 amide bonds. The minimum Gasteiger partial charge on any atom is -0.381 e. The van der Waals surface area contributed by atoms with Crippen LogP contribution in [0.3, 0.4) is 0 Å². The standard InChI is InChI=1S/C17H27NO/c1-17(2,3)14-7-5-13(6-8-14)12-18-15-9-10-16(11-15)19-4/h5-8,15-16,18H,9-12H2,1-4H3. The summed E-state index contributed by atoms with van der Waals surface area (Å²) in [6.07, 6.45) is 4.03. The molecule has 2 unspecified atom stereocenters. The lowest BCUT2D eigenvalue weighted by molar-refractivity contribution is 0.107. The van der Waals surface area contributed by atoms with Crippen LogP contribution in [-0.2, 0) is 16.7 Å². The van der Waals surface area contributed by atoms with Crippen molar-refractivity contribution >= 4 is 0 Å². The highest BCUT2D eigenvalue weighted by molar-refractivity contribution is 5.27.